The molecule has 0 N–H and O–H groups in total. The van der Waals surface area contributed by atoms with E-state index in [4.69, 9.17) is 0 Å². The van der Waals surface area contributed by atoms with Gasteiger partial charge < -0.3 is 0 Å². The number of aromatic nitrogens is 3. The van der Waals surface area contributed by atoms with Crippen molar-refractivity contribution in [3.05, 3.63) is 29.5 Å². The van der Waals surface area contributed by atoms with Crippen LogP contribution < -0.4 is 0 Å². The highest BCUT2D eigenvalue weighted by Gasteiger charge is 1.92. The molecule has 0 aliphatic rings. The van der Waals surface area contributed by atoms with Crippen LogP contribution in [0.4, 0.5) is 0 Å². The molecule has 0 bridgehead atoms. The minimum atomic E-state index is 1.12. The molecule has 2 heterocycles. The van der Waals surface area contributed by atoms with Crippen molar-refractivity contribution in [1.82, 2.24) is 14.8 Å². The van der Waals surface area contributed by atoms with E-state index in [9.17, 15) is 0 Å². The van der Waals surface area contributed by atoms with Crippen molar-refractivity contribution >= 4 is 11.3 Å². The second-order valence-corrected chi connectivity index (χ2v) is 2.63. The summed E-state index contributed by atoms with van der Waals surface area (Å²) < 4.78 is 1.87. The van der Waals surface area contributed by atoms with Gasteiger partial charge in [0.15, 0.2) is 0 Å². The molecule has 0 amide bonds. The van der Waals surface area contributed by atoms with E-state index in [1.165, 1.54) is 0 Å². The molecule has 4 heteroatoms. The Morgan fingerprint density at radius 2 is 2.10 bits per heavy atom. The van der Waals surface area contributed by atoms with E-state index < -0.39 is 0 Å². The minimum Gasteiger partial charge on any atom is -0.287 e. The van der Waals surface area contributed by atoms with Crippen LogP contribution in [0.25, 0.3) is 5.69 Å². The zero-order valence-corrected chi connectivity index (χ0v) is 5.95. The summed E-state index contributed by atoms with van der Waals surface area (Å²) in [4.78, 5) is 0. The highest BCUT2D eigenvalue weighted by atomic mass is 32.1. The predicted molar refractivity (Wildman–Crippen MR) is 39.2 cm³/mol. The Labute approximate surface area is 62.0 Å². The van der Waals surface area contributed by atoms with Gasteiger partial charge in [0.2, 0.25) is 0 Å². The average Bonchev–Trinajstić information content (AvgIpc) is 2.59. The molecule has 0 unspecified atom stereocenters. The molecule has 0 aliphatic heterocycles. The maximum Gasteiger partial charge on any atom is 0.123 e. The lowest BCUT2D eigenvalue weighted by atomic mass is 10.5. The fraction of sp³-hybridized carbons (Fsp3) is 0. The number of hydrogen-bond donors (Lipinski definition) is 0. The van der Waals surface area contributed by atoms with Crippen molar-refractivity contribution in [2.45, 2.75) is 0 Å². The van der Waals surface area contributed by atoms with Crippen LogP contribution in [0.5, 0.6) is 0 Å². The lowest BCUT2D eigenvalue weighted by molar-refractivity contribution is 1.06. The van der Waals surface area contributed by atoms with Crippen LogP contribution in [-0.2, 0) is 0 Å². The van der Waals surface area contributed by atoms with E-state index in [1.807, 2.05) is 21.4 Å². The summed E-state index contributed by atoms with van der Waals surface area (Å²) in [5.74, 6) is 0. The maximum atomic E-state index is 3.70. The standard InChI is InChI=1S/C6H5N3S/c1-2-10-3-6(1)9-4-7-8-5-9/h1-5H. The lowest BCUT2D eigenvalue weighted by Crippen LogP contribution is -1.84. The van der Waals surface area contributed by atoms with Gasteiger partial charge in [0.05, 0.1) is 5.69 Å². The Hall–Kier alpha value is -1.16. The SMILES string of the molecule is c1cc(-n2cnnc2)cs1. The van der Waals surface area contributed by atoms with Crippen LogP contribution in [0.3, 0.4) is 0 Å². The molecule has 3 nitrogen and oxygen atoms in total. The Morgan fingerprint density at radius 1 is 1.30 bits per heavy atom. The maximum absolute atomic E-state index is 3.70. The molecule has 0 atom stereocenters. The third kappa shape index (κ3) is 0.823. The minimum absolute atomic E-state index is 1.12. The molecule has 0 radical (unpaired) electrons. The van der Waals surface area contributed by atoms with Gasteiger partial charge in [0.25, 0.3) is 0 Å². The van der Waals surface area contributed by atoms with Gasteiger partial charge in [-0.2, -0.15) is 11.3 Å². The van der Waals surface area contributed by atoms with Gasteiger partial charge >= 0.3 is 0 Å². The molecule has 0 fully saturated rings. The quantitative estimate of drug-likeness (QED) is 0.615. The van der Waals surface area contributed by atoms with Crippen LogP contribution in [-0.4, -0.2) is 14.8 Å². The highest BCUT2D eigenvalue weighted by molar-refractivity contribution is 7.08. The number of hydrogen-bond acceptors (Lipinski definition) is 3. The summed E-state index contributed by atoms with van der Waals surface area (Å²) in [6.45, 7) is 0. The average molecular weight is 151 g/mol. The first-order chi connectivity index (χ1) is 4.97. The van der Waals surface area contributed by atoms with E-state index in [0.29, 0.717) is 0 Å². The molecule has 2 aromatic rings. The van der Waals surface area contributed by atoms with Crippen molar-refractivity contribution in [3.63, 3.8) is 0 Å². The monoisotopic (exact) mass is 151 g/mol. The fourth-order valence-electron chi connectivity index (χ4n) is 0.738. The van der Waals surface area contributed by atoms with Crippen LogP contribution in [0, 0.1) is 0 Å². The molecule has 0 spiro atoms. The highest BCUT2D eigenvalue weighted by Crippen LogP contribution is 2.09. The molecule has 0 saturated heterocycles. The molecule has 50 valence electrons. The third-order valence-electron chi connectivity index (χ3n) is 1.22. The first-order valence-electron chi connectivity index (χ1n) is 2.84. The molecule has 10 heavy (non-hydrogen) atoms. The first kappa shape index (κ1) is 5.61. The molecule has 0 saturated carbocycles. The van der Waals surface area contributed by atoms with Crippen LogP contribution in [0.1, 0.15) is 0 Å². The normalized spacial score (nSPS) is 10.0. The van der Waals surface area contributed by atoms with E-state index >= 15 is 0 Å². The van der Waals surface area contributed by atoms with Crippen LogP contribution >= 0.6 is 11.3 Å². The summed E-state index contributed by atoms with van der Waals surface area (Å²) in [6.07, 6.45) is 3.37. The smallest absolute Gasteiger partial charge is 0.123 e. The lowest BCUT2D eigenvalue weighted by Gasteiger charge is -1.90. The Balaban J connectivity index is 2.48. The Kier molecular flexibility index (Phi) is 1.25. The summed E-state index contributed by atoms with van der Waals surface area (Å²) in [5.41, 5.74) is 1.12. The van der Waals surface area contributed by atoms with Gasteiger partial charge in [-0.05, 0) is 11.4 Å². The van der Waals surface area contributed by atoms with Crippen LogP contribution in [0.15, 0.2) is 29.5 Å². The number of rotatable bonds is 1. The van der Waals surface area contributed by atoms with Gasteiger partial charge in [-0.1, -0.05) is 0 Å². The zero-order valence-electron chi connectivity index (χ0n) is 5.14. The molecule has 2 rings (SSSR count). The van der Waals surface area contributed by atoms with Gasteiger partial charge in [-0.15, -0.1) is 10.2 Å². The van der Waals surface area contributed by atoms with Gasteiger partial charge in [0, 0.05) is 5.38 Å². The molecule has 2 aromatic heterocycles. The molecular weight excluding hydrogens is 146 g/mol. The van der Waals surface area contributed by atoms with Crippen LogP contribution in [0.2, 0.25) is 0 Å². The van der Waals surface area contributed by atoms with Crippen molar-refractivity contribution in [2.75, 3.05) is 0 Å². The van der Waals surface area contributed by atoms with Gasteiger partial charge in [0.1, 0.15) is 12.7 Å². The number of nitrogens with zero attached hydrogens (tertiary/aromatic N) is 3. The topological polar surface area (TPSA) is 30.7 Å². The summed E-state index contributed by atoms with van der Waals surface area (Å²) in [7, 11) is 0. The Bertz CT molecular complexity index is 252. The predicted octanol–water partition coefficient (Wildman–Crippen LogP) is 1.33. The second-order valence-electron chi connectivity index (χ2n) is 1.85. The largest absolute Gasteiger partial charge is 0.287 e. The van der Waals surface area contributed by atoms with Crippen molar-refractivity contribution in [1.29, 1.82) is 0 Å². The summed E-state index contributed by atoms with van der Waals surface area (Å²) in [6, 6.07) is 2.02. The van der Waals surface area contributed by atoms with Crippen molar-refractivity contribution < 1.29 is 0 Å². The Morgan fingerprint density at radius 3 is 2.70 bits per heavy atom. The van der Waals surface area contributed by atoms with Gasteiger partial charge in [-0.3, -0.25) is 4.57 Å². The van der Waals surface area contributed by atoms with E-state index in [0.717, 1.165) is 5.69 Å². The third-order valence-corrected chi connectivity index (χ3v) is 1.89. The van der Waals surface area contributed by atoms with E-state index in [1.54, 1.807) is 24.0 Å². The molecule has 0 aromatic carbocycles. The van der Waals surface area contributed by atoms with Crippen molar-refractivity contribution in [3.8, 4) is 5.69 Å². The summed E-state index contributed by atoms with van der Waals surface area (Å²) in [5, 5.41) is 11.5. The number of thiophene rings is 1. The first-order valence-corrected chi connectivity index (χ1v) is 3.78. The summed E-state index contributed by atoms with van der Waals surface area (Å²) >= 11 is 1.66. The fourth-order valence-corrected chi connectivity index (χ4v) is 1.37. The van der Waals surface area contributed by atoms with Gasteiger partial charge in [-0.25, -0.2) is 0 Å². The van der Waals surface area contributed by atoms with E-state index in [-0.39, 0.29) is 0 Å². The van der Waals surface area contributed by atoms with E-state index in [2.05, 4.69) is 10.2 Å². The van der Waals surface area contributed by atoms with Crippen molar-refractivity contribution in [2.24, 2.45) is 0 Å². The second kappa shape index (κ2) is 2.22. The zero-order chi connectivity index (χ0) is 6.81. The molecule has 0 aliphatic carbocycles. The molecular formula is C6H5N3S.